The minimum Gasteiger partial charge on any atom is -0.444 e. The highest BCUT2D eigenvalue weighted by atomic mass is 31.2. The van der Waals surface area contributed by atoms with Gasteiger partial charge in [0.1, 0.15) is 11.7 Å². The highest BCUT2D eigenvalue weighted by Gasteiger charge is 2.59. The van der Waals surface area contributed by atoms with Gasteiger partial charge >= 0.3 is 21.3 Å². The zero-order valence-corrected chi connectivity index (χ0v) is 28.1. The molecule has 0 saturated carbocycles. The van der Waals surface area contributed by atoms with Crippen LogP contribution in [0.1, 0.15) is 32.8 Å². The van der Waals surface area contributed by atoms with Gasteiger partial charge < -0.3 is 64.1 Å². The SMILES string of the molecule is CC(C)(C)OC(=O)NCCOCCOCCOCCOCCC(=O)NCC(O)C[n+]1cccc(CC(O)(P(=O)(O)O)P(=O)(O)O)c1. The van der Waals surface area contributed by atoms with Crippen molar-refractivity contribution in [2.45, 2.75) is 56.9 Å². The number of aromatic nitrogens is 1. The fourth-order valence-electron chi connectivity index (χ4n) is 3.54. The number of carbonyl (C=O) groups excluding carboxylic acids is 2. The van der Waals surface area contributed by atoms with E-state index in [2.05, 4.69) is 10.6 Å². The molecule has 18 nitrogen and oxygen atoms in total. The Morgan fingerprint density at radius 3 is 1.91 bits per heavy atom. The molecule has 0 aromatic carbocycles. The molecule has 46 heavy (non-hydrogen) atoms. The number of aliphatic hydroxyl groups excluding tert-OH is 1. The van der Waals surface area contributed by atoms with Crippen molar-refractivity contribution in [2.24, 2.45) is 0 Å². The normalized spacial score (nSPS) is 13.3. The maximum atomic E-state index is 12.0. The average molecular weight is 705 g/mol. The van der Waals surface area contributed by atoms with E-state index < -0.39 is 44.5 Å². The van der Waals surface area contributed by atoms with Crippen molar-refractivity contribution in [1.29, 1.82) is 0 Å². The molecule has 20 heteroatoms. The van der Waals surface area contributed by atoms with Gasteiger partial charge in [0.2, 0.25) is 5.91 Å². The van der Waals surface area contributed by atoms with Gasteiger partial charge in [-0.3, -0.25) is 13.9 Å². The Morgan fingerprint density at radius 2 is 1.39 bits per heavy atom. The molecule has 1 rings (SSSR count). The third kappa shape index (κ3) is 17.8. The Labute approximate surface area is 267 Å². The van der Waals surface area contributed by atoms with Gasteiger partial charge in [-0.25, -0.2) is 9.36 Å². The lowest BCUT2D eigenvalue weighted by molar-refractivity contribution is -0.703. The Hall–Kier alpha value is -2.05. The second kappa shape index (κ2) is 20.3. The molecule has 2 amide bonds. The first-order valence-corrected chi connectivity index (χ1v) is 17.6. The lowest BCUT2D eigenvalue weighted by Gasteiger charge is -2.28. The summed E-state index contributed by atoms with van der Waals surface area (Å²) in [6.07, 6.45) is 0.165. The van der Waals surface area contributed by atoms with E-state index >= 15 is 0 Å². The molecule has 1 atom stereocenters. The monoisotopic (exact) mass is 704 g/mol. The van der Waals surface area contributed by atoms with Gasteiger partial charge in [-0.15, -0.1) is 0 Å². The molecule has 1 heterocycles. The number of ether oxygens (including phenoxy) is 5. The summed E-state index contributed by atoms with van der Waals surface area (Å²) in [5, 5.41) is 21.9. The van der Waals surface area contributed by atoms with Crippen molar-refractivity contribution in [3.8, 4) is 0 Å². The molecule has 1 aromatic heterocycles. The van der Waals surface area contributed by atoms with Crippen LogP contribution in [0.5, 0.6) is 0 Å². The summed E-state index contributed by atoms with van der Waals surface area (Å²) in [7, 11) is -11.2. The third-order valence-electron chi connectivity index (χ3n) is 5.75. The van der Waals surface area contributed by atoms with Crippen LogP contribution in [0.4, 0.5) is 4.79 Å². The zero-order valence-electron chi connectivity index (χ0n) is 26.3. The Balaban J connectivity index is 2.11. The lowest BCUT2D eigenvalue weighted by Crippen LogP contribution is -2.45. The van der Waals surface area contributed by atoms with Crippen molar-refractivity contribution in [3.05, 3.63) is 30.1 Å². The molecule has 1 aromatic rings. The minimum absolute atomic E-state index is 0.00525. The van der Waals surface area contributed by atoms with Gasteiger partial charge in [-0.2, -0.15) is 0 Å². The minimum atomic E-state index is -5.62. The number of alkyl carbamates (subject to hydrolysis) is 1. The largest absolute Gasteiger partial charge is 0.444 e. The van der Waals surface area contributed by atoms with E-state index in [0.717, 1.165) is 0 Å². The molecule has 0 saturated heterocycles. The maximum absolute atomic E-state index is 12.0. The number of aliphatic hydroxyl groups is 2. The molecule has 0 bridgehead atoms. The van der Waals surface area contributed by atoms with Gasteiger partial charge in [-0.1, -0.05) is 0 Å². The summed E-state index contributed by atoms with van der Waals surface area (Å²) < 4.78 is 51.1. The van der Waals surface area contributed by atoms with Crippen LogP contribution in [-0.2, 0) is 50.6 Å². The number of amides is 2. The second-order valence-electron chi connectivity index (χ2n) is 11.0. The molecule has 266 valence electrons. The molecule has 0 aliphatic carbocycles. The Kier molecular flexibility index (Phi) is 18.6. The molecule has 0 fully saturated rings. The first-order valence-electron chi connectivity index (χ1n) is 14.4. The average Bonchev–Trinajstić information content (AvgIpc) is 2.92. The molecule has 0 aliphatic heterocycles. The van der Waals surface area contributed by atoms with Crippen LogP contribution in [0.15, 0.2) is 24.5 Å². The second-order valence-corrected chi connectivity index (χ2v) is 15.0. The Morgan fingerprint density at radius 1 is 0.870 bits per heavy atom. The standard InChI is InChI=1S/C26H47N3O15P2/c1-25(2,3)44-24(32)27-7-10-41-12-14-43-16-15-42-13-11-40-9-6-23(31)28-18-22(30)20-29-8-4-5-21(19-29)17-26(33,45(34,35)36)46(37,38)39/h4-5,8,19,22,30,33H,6-7,9-18,20H2,1-3H3,(H5-,27,28,31,32,34,35,36,37,38,39)/p+1. The van der Waals surface area contributed by atoms with Crippen LogP contribution in [0.2, 0.25) is 0 Å². The van der Waals surface area contributed by atoms with Gasteiger partial charge in [0.15, 0.2) is 18.9 Å². The predicted octanol–water partition coefficient (Wildman–Crippen LogP) is -1.02. The van der Waals surface area contributed by atoms with Crippen molar-refractivity contribution < 1.29 is 76.8 Å². The molecular formula is C26H48N3O15P2+. The van der Waals surface area contributed by atoms with Gasteiger partial charge in [0, 0.05) is 37.6 Å². The third-order valence-corrected chi connectivity index (χ3v) is 9.50. The summed E-state index contributed by atoms with van der Waals surface area (Å²) in [6, 6.07) is 2.71. The number of pyridine rings is 1. The van der Waals surface area contributed by atoms with Gasteiger partial charge in [-0.05, 0) is 26.8 Å². The molecule has 8 N–H and O–H groups in total. The zero-order chi connectivity index (χ0) is 34.9. The van der Waals surface area contributed by atoms with E-state index in [1.54, 1.807) is 20.8 Å². The summed E-state index contributed by atoms with van der Waals surface area (Å²) in [6.45, 7) is 7.90. The van der Waals surface area contributed by atoms with Crippen molar-refractivity contribution in [3.63, 3.8) is 0 Å². The number of nitrogens with zero attached hydrogens (tertiary/aromatic N) is 1. The van der Waals surface area contributed by atoms with Crippen LogP contribution in [-0.4, -0.2) is 125 Å². The highest BCUT2D eigenvalue weighted by Crippen LogP contribution is 2.68. The van der Waals surface area contributed by atoms with Crippen LogP contribution in [0, 0.1) is 0 Å². The van der Waals surface area contributed by atoms with Gasteiger partial charge in [0.25, 0.3) is 5.08 Å². The number of rotatable bonds is 23. The summed E-state index contributed by atoms with van der Waals surface area (Å²) >= 11 is 0. The molecule has 1 unspecified atom stereocenters. The summed E-state index contributed by atoms with van der Waals surface area (Å²) in [5.41, 5.74) is -0.560. The van der Waals surface area contributed by atoms with E-state index in [1.165, 1.54) is 29.1 Å². The van der Waals surface area contributed by atoms with Gasteiger partial charge in [0.05, 0.1) is 52.9 Å². The van der Waals surface area contributed by atoms with E-state index in [-0.39, 0.29) is 44.2 Å². The first-order chi connectivity index (χ1) is 21.3. The van der Waals surface area contributed by atoms with E-state index in [0.29, 0.717) is 46.2 Å². The van der Waals surface area contributed by atoms with Crippen molar-refractivity contribution in [2.75, 3.05) is 65.9 Å². The number of carbonyl (C=O) groups is 2. The van der Waals surface area contributed by atoms with Crippen LogP contribution < -0.4 is 15.2 Å². The number of nitrogens with one attached hydrogen (secondary N) is 2. The highest BCUT2D eigenvalue weighted by molar-refractivity contribution is 7.72. The summed E-state index contributed by atoms with van der Waals surface area (Å²) in [4.78, 5) is 60.8. The topological polar surface area (TPSA) is 264 Å². The number of hydrogen-bond acceptors (Lipinski definition) is 11. The molecule has 0 aliphatic rings. The molecular weight excluding hydrogens is 656 g/mol. The maximum Gasteiger partial charge on any atom is 0.407 e. The van der Waals surface area contributed by atoms with E-state index in [9.17, 15) is 48.5 Å². The van der Waals surface area contributed by atoms with E-state index in [1.807, 2.05) is 0 Å². The number of hydrogen-bond donors (Lipinski definition) is 8. The van der Waals surface area contributed by atoms with Crippen molar-refractivity contribution >= 4 is 27.2 Å². The lowest BCUT2D eigenvalue weighted by atomic mass is 10.2. The van der Waals surface area contributed by atoms with E-state index in [4.69, 9.17) is 23.7 Å². The predicted molar refractivity (Wildman–Crippen MR) is 161 cm³/mol. The summed E-state index contributed by atoms with van der Waals surface area (Å²) in [5.74, 6) is -0.372. The van der Waals surface area contributed by atoms with Crippen LogP contribution in [0.25, 0.3) is 0 Å². The fourth-order valence-corrected chi connectivity index (χ4v) is 5.67. The molecule has 0 spiro atoms. The smallest absolute Gasteiger partial charge is 0.407 e. The van der Waals surface area contributed by atoms with Crippen LogP contribution in [0.3, 0.4) is 0 Å². The fraction of sp³-hybridized carbons (Fsp3) is 0.731. The quantitative estimate of drug-likeness (QED) is 0.0385. The van der Waals surface area contributed by atoms with Crippen LogP contribution >= 0.6 is 15.2 Å². The first kappa shape index (κ1) is 42.0. The molecule has 0 radical (unpaired) electrons. The Bertz CT molecular complexity index is 1130. The van der Waals surface area contributed by atoms with Crippen molar-refractivity contribution in [1.82, 2.24) is 10.6 Å².